The molecular formula is C10H19N3S. The molecule has 0 radical (unpaired) electrons. The van der Waals surface area contributed by atoms with Gasteiger partial charge in [-0.25, -0.2) is 4.98 Å². The highest BCUT2D eigenvalue weighted by molar-refractivity contribution is 7.09. The molecule has 1 N–H and O–H groups in total. The summed E-state index contributed by atoms with van der Waals surface area (Å²) in [4.78, 5) is 6.51. The van der Waals surface area contributed by atoms with Crippen LogP contribution in [0.25, 0.3) is 0 Å². The van der Waals surface area contributed by atoms with Crippen LogP contribution in [0.5, 0.6) is 0 Å². The van der Waals surface area contributed by atoms with E-state index in [4.69, 9.17) is 0 Å². The van der Waals surface area contributed by atoms with Gasteiger partial charge < -0.3 is 10.2 Å². The molecule has 0 amide bonds. The number of likely N-dealkylation sites (N-methyl/N-ethyl adjacent to an activating group) is 2. The Morgan fingerprint density at radius 2 is 2.36 bits per heavy atom. The molecule has 1 heterocycles. The maximum absolute atomic E-state index is 4.31. The van der Waals surface area contributed by atoms with E-state index in [2.05, 4.69) is 36.2 Å². The molecule has 0 saturated carbocycles. The van der Waals surface area contributed by atoms with Gasteiger partial charge in [0.25, 0.3) is 0 Å². The third-order valence-electron chi connectivity index (χ3n) is 1.98. The number of rotatable bonds is 6. The predicted molar refractivity (Wildman–Crippen MR) is 61.8 cm³/mol. The molecule has 0 aliphatic carbocycles. The molecule has 3 nitrogen and oxygen atoms in total. The first kappa shape index (κ1) is 11.6. The fraction of sp³-hybridized carbons (Fsp3) is 0.700. The molecule has 0 spiro atoms. The molecule has 1 atom stereocenters. The van der Waals surface area contributed by atoms with Crippen molar-refractivity contribution in [2.75, 3.05) is 27.2 Å². The lowest BCUT2D eigenvalue weighted by Crippen LogP contribution is -2.39. The van der Waals surface area contributed by atoms with Crippen molar-refractivity contribution in [2.45, 2.75) is 19.4 Å². The molecule has 1 aromatic rings. The van der Waals surface area contributed by atoms with Gasteiger partial charge >= 0.3 is 0 Å². The molecule has 80 valence electrons. The molecule has 0 aliphatic rings. The number of hydrogen-bond acceptors (Lipinski definition) is 4. The number of nitrogens with one attached hydrogen (secondary N) is 1. The van der Waals surface area contributed by atoms with E-state index in [9.17, 15) is 0 Å². The van der Waals surface area contributed by atoms with Crippen molar-refractivity contribution < 1.29 is 0 Å². The zero-order valence-corrected chi connectivity index (χ0v) is 9.97. The van der Waals surface area contributed by atoms with E-state index in [1.165, 1.54) is 5.01 Å². The summed E-state index contributed by atoms with van der Waals surface area (Å²) in [6.45, 7) is 4.22. The molecule has 4 heteroatoms. The SMILES string of the molecule is CCNC(Cc1nccs1)CN(C)C. The number of nitrogens with zero attached hydrogens (tertiary/aromatic N) is 2. The molecule has 1 aromatic heterocycles. The monoisotopic (exact) mass is 213 g/mol. The molecule has 0 saturated heterocycles. The summed E-state index contributed by atoms with van der Waals surface area (Å²) in [6, 6.07) is 0.515. The number of aromatic nitrogens is 1. The average Bonchev–Trinajstić information content (AvgIpc) is 2.56. The second kappa shape index (κ2) is 6.11. The Labute approximate surface area is 90.2 Å². The van der Waals surface area contributed by atoms with E-state index >= 15 is 0 Å². The average molecular weight is 213 g/mol. The van der Waals surface area contributed by atoms with Gasteiger partial charge in [-0.2, -0.15) is 0 Å². The Morgan fingerprint density at radius 1 is 1.57 bits per heavy atom. The van der Waals surface area contributed by atoms with Crippen LogP contribution in [0.1, 0.15) is 11.9 Å². The van der Waals surface area contributed by atoms with Crippen molar-refractivity contribution in [1.29, 1.82) is 0 Å². The van der Waals surface area contributed by atoms with E-state index in [0.717, 1.165) is 19.5 Å². The van der Waals surface area contributed by atoms with Crippen molar-refractivity contribution in [3.05, 3.63) is 16.6 Å². The van der Waals surface area contributed by atoms with Gasteiger partial charge in [-0.3, -0.25) is 0 Å². The van der Waals surface area contributed by atoms with Crippen LogP contribution in [-0.2, 0) is 6.42 Å². The van der Waals surface area contributed by atoms with Crippen LogP contribution in [0.3, 0.4) is 0 Å². The maximum Gasteiger partial charge on any atom is 0.0940 e. The Bertz CT molecular complexity index is 234. The minimum absolute atomic E-state index is 0.515. The van der Waals surface area contributed by atoms with Crippen LogP contribution >= 0.6 is 11.3 Å². The van der Waals surface area contributed by atoms with Gasteiger partial charge in [0.2, 0.25) is 0 Å². The number of thiazole rings is 1. The highest BCUT2D eigenvalue weighted by Crippen LogP contribution is 2.07. The highest BCUT2D eigenvalue weighted by atomic mass is 32.1. The van der Waals surface area contributed by atoms with E-state index in [1.54, 1.807) is 11.3 Å². The molecule has 0 aliphatic heterocycles. The summed E-state index contributed by atoms with van der Waals surface area (Å²) in [7, 11) is 4.21. The Hall–Kier alpha value is -0.450. The first-order chi connectivity index (χ1) is 6.72. The Kier molecular flexibility index (Phi) is 5.07. The Morgan fingerprint density at radius 3 is 2.86 bits per heavy atom. The zero-order chi connectivity index (χ0) is 10.4. The molecule has 14 heavy (non-hydrogen) atoms. The van der Waals surface area contributed by atoms with Gasteiger partial charge in [0, 0.05) is 30.6 Å². The predicted octanol–water partition coefficient (Wildman–Crippen LogP) is 1.23. The van der Waals surface area contributed by atoms with Crippen LogP contribution in [0.2, 0.25) is 0 Å². The van der Waals surface area contributed by atoms with Crippen LogP contribution in [-0.4, -0.2) is 43.1 Å². The molecular weight excluding hydrogens is 194 g/mol. The van der Waals surface area contributed by atoms with Crippen molar-refractivity contribution >= 4 is 11.3 Å². The highest BCUT2D eigenvalue weighted by Gasteiger charge is 2.10. The second-order valence-corrected chi connectivity index (χ2v) is 4.63. The lowest BCUT2D eigenvalue weighted by atomic mass is 10.2. The fourth-order valence-electron chi connectivity index (χ4n) is 1.50. The minimum atomic E-state index is 0.515. The lowest BCUT2D eigenvalue weighted by molar-refractivity contribution is 0.339. The van der Waals surface area contributed by atoms with Gasteiger partial charge in [-0.05, 0) is 20.6 Å². The zero-order valence-electron chi connectivity index (χ0n) is 9.16. The first-order valence-corrected chi connectivity index (χ1v) is 5.86. The van der Waals surface area contributed by atoms with Gasteiger partial charge in [0.15, 0.2) is 0 Å². The second-order valence-electron chi connectivity index (χ2n) is 3.65. The molecule has 0 bridgehead atoms. The maximum atomic E-state index is 4.31. The first-order valence-electron chi connectivity index (χ1n) is 4.99. The van der Waals surface area contributed by atoms with Crippen LogP contribution in [0, 0.1) is 0 Å². The smallest absolute Gasteiger partial charge is 0.0940 e. The van der Waals surface area contributed by atoms with E-state index in [0.29, 0.717) is 6.04 Å². The van der Waals surface area contributed by atoms with Crippen molar-refractivity contribution in [1.82, 2.24) is 15.2 Å². The summed E-state index contributed by atoms with van der Waals surface area (Å²) >= 11 is 1.73. The van der Waals surface area contributed by atoms with Crippen LogP contribution < -0.4 is 5.32 Å². The summed E-state index contributed by atoms with van der Waals surface area (Å²) in [5.41, 5.74) is 0. The van der Waals surface area contributed by atoms with E-state index < -0.39 is 0 Å². The molecule has 1 unspecified atom stereocenters. The van der Waals surface area contributed by atoms with Gasteiger partial charge in [0.1, 0.15) is 0 Å². The van der Waals surface area contributed by atoms with Crippen molar-refractivity contribution in [2.24, 2.45) is 0 Å². The molecule has 1 rings (SSSR count). The Balaban J connectivity index is 2.42. The van der Waals surface area contributed by atoms with Crippen LogP contribution in [0.4, 0.5) is 0 Å². The quantitative estimate of drug-likeness (QED) is 0.770. The van der Waals surface area contributed by atoms with Gasteiger partial charge in [-0.1, -0.05) is 6.92 Å². The molecule has 0 fully saturated rings. The van der Waals surface area contributed by atoms with E-state index in [1.807, 2.05) is 11.6 Å². The third kappa shape index (κ3) is 4.17. The van der Waals surface area contributed by atoms with Crippen LogP contribution in [0.15, 0.2) is 11.6 Å². The summed E-state index contributed by atoms with van der Waals surface area (Å²) < 4.78 is 0. The van der Waals surface area contributed by atoms with Gasteiger partial charge in [0.05, 0.1) is 5.01 Å². The number of hydrogen-bond donors (Lipinski definition) is 1. The lowest BCUT2D eigenvalue weighted by Gasteiger charge is -2.20. The topological polar surface area (TPSA) is 28.2 Å². The van der Waals surface area contributed by atoms with E-state index in [-0.39, 0.29) is 0 Å². The molecule has 0 aromatic carbocycles. The fourth-order valence-corrected chi connectivity index (χ4v) is 2.19. The standard InChI is InChI=1S/C10H19N3S/c1-4-11-9(8-13(2)3)7-10-12-5-6-14-10/h5-6,9,11H,4,7-8H2,1-3H3. The minimum Gasteiger partial charge on any atom is -0.313 e. The normalized spacial score (nSPS) is 13.4. The largest absolute Gasteiger partial charge is 0.313 e. The van der Waals surface area contributed by atoms with Crippen molar-refractivity contribution in [3.8, 4) is 0 Å². The third-order valence-corrected chi connectivity index (χ3v) is 2.78. The summed E-state index contributed by atoms with van der Waals surface area (Å²) in [5.74, 6) is 0. The summed E-state index contributed by atoms with van der Waals surface area (Å²) in [5, 5.41) is 6.73. The summed E-state index contributed by atoms with van der Waals surface area (Å²) in [6.07, 6.45) is 2.91. The van der Waals surface area contributed by atoms with Crippen molar-refractivity contribution in [3.63, 3.8) is 0 Å². The van der Waals surface area contributed by atoms with Gasteiger partial charge in [-0.15, -0.1) is 11.3 Å².